The number of methoxy groups -OCH3 is 1. The first kappa shape index (κ1) is 16.5. The Morgan fingerprint density at radius 1 is 1.16 bits per heavy atom. The van der Waals surface area contributed by atoms with E-state index in [0.717, 1.165) is 16.5 Å². The third-order valence-corrected chi connectivity index (χ3v) is 4.07. The number of benzene rings is 2. The minimum absolute atomic E-state index is 0.109. The first-order valence-corrected chi connectivity index (χ1v) is 7.77. The summed E-state index contributed by atoms with van der Waals surface area (Å²) in [6.45, 7) is 0. The maximum Gasteiger partial charge on any atom is 0.258 e. The zero-order chi connectivity index (χ0) is 17.8. The largest absolute Gasteiger partial charge is 0.497 e. The maximum atomic E-state index is 12.5. The number of pyridine rings is 1. The number of ether oxygens (including phenoxy) is 1. The molecule has 0 unspecified atom stereocenters. The van der Waals surface area contributed by atoms with E-state index in [2.05, 4.69) is 5.16 Å². The van der Waals surface area contributed by atoms with Crippen LogP contribution in [0.3, 0.4) is 0 Å². The maximum absolute atomic E-state index is 12.5. The molecule has 3 aromatic rings. The van der Waals surface area contributed by atoms with Crippen LogP contribution in [0.5, 0.6) is 5.75 Å². The lowest BCUT2D eigenvalue weighted by Crippen LogP contribution is -2.19. The molecule has 0 radical (unpaired) electrons. The molecule has 0 bridgehead atoms. The van der Waals surface area contributed by atoms with Crippen molar-refractivity contribution >= 4 is 22.7 Å². The average molecular weight is 334 g/mol. The van der Waals surface area contributed by atoms with Crippen molar-refractivity contribution in [2.45, 2.75) is 0 Å². The Labute approximate surface area is 145 Å². The second-order valence-corrected chi connectivity index (χ2v) is 5.57. The Kier molecular flexibility index (Phi) is 4.66. The normalized spacial score (nSPS) is 12.0. The van der Waals surface area contributed by atoms with Crippen molar-refractivity contribution in [2.75, 3.05) is 7.11 Å². The molecule has 0 saturated carbocycles. The summed E-state index contributed by atoms with van der Waals surface area (Å²) >= 11 is 0. The molecule has 0 amide bonds. The van der Waals surface area contributed by atoms with E-state index in [-0.39, 0.29) is 5.56 Å². The lowest BCUT2D eigenvalue weighted by atomic mass is 10.1. The van der Waals surface area contributed by atoms with E-state index in [1.807, 2.05) is 30.3 Å². The Balaban J connectivity index is 1.98. The standard InChI is InChI=1S/C20H18N2O3/c1-22-19-6-4-3-5-15(19)13-16(20(22)23)9-12-18(21-24)14-7-10-17(25-2)11-8-14/h3-13,24H,1-2H3/b12-9+,21-18+. The Morgan fingerprint density at radius 3 is 2.56 bits per heavy atom. The fraction of sp³-hybridized carbons (Fsp3) is 0.100. The molecule has 2 aromatic carbocycles. The molecule has 0 spiro atoms. The van der Waals surface area contributed by atoms with Crippen LogP contribution in [-0.4, -0.2) is 22.6 Å². The van der Waals surface area contributed by atoms with Crippen molar-refractivity contribution in [1.82, 2.24) is 4.57 Å². The molecule has 126 valence electrons. The fourth-order valence-corrected chi connectivity index (χ4v) is 2.68. The summed E-state index contributed by atoms with van der Waals surface area (Å²) in [7, 11) is 3.33. The van der Waals surface area contributed by atoms with Gasteiger partial charge in [0.05, 0.1) is 12.6 Å². The number of hydrogen-bond acceptors (Lipinski definition) is 4. The van der Waals surface area contributed by atoms with Crippen LogP contribution < -0.4 is 10.3 Å². The lowest BCUT2D eigenvalue weighted by molar-refractivity contribution is 0.320. The summed E-state index contributed by atoms with van der Waals surface area (Å²) in [5.41, 5.74) is 2.36. The van der Waals surface area contributed by atoms with E-state index in [0.29, 0.717) is 17.0 Å². The molecule has 0 aliphatic carbocycles. The molecular formula is C20H18N2O3. The Bertz CT molecular complexity index is 1020. The number of nitrogens with zero attached hydrogens (tertiary/aromatic N) is 2. The van der Waals surface area contributed by atoms with Crippen LogP contribution in [0, 0.1) is 0 Å². The zero-order valence-electron chi connectivity index (χ0n) is 14.0. The van der Waals surface area contributed by atoms with Gasteiger partial charge in [0.15, 0.2) is 0 Å². The van der Waals surface area contributed by atoms with Crippen molar-refractivity contribution in [3.63, 3.8) is 0 Å². The van der Waals surface area contributed by atoms with Gasteiger partial charge in [0.1, 0.15) is 11.5 Å². The molecule has 0 aliphatic rings. The minimum Gasteiger partial charge on any atom is -0.497 e. The molecule has 0 fully saturated rings. The average Bonchev–Trinajstić information content (AvgIpc) is 2.66. The van der Waals surface area contributed by atoms with Crippen LogP contribution in [0.4, 0.5) is 0 Å². The van der Waals surface area contributed by atoms with Gasteiger partial charge in [-0.05, 0) is 53.9 Å². The van der Waals surface area contributed by atoms with Crippen LogP contribution in [0.25, 0.3) is 17.0 Å². The third-order valence-electron chi connectivity index (χ3n) is 4.07. The van der Waals surface area contributed by atoms with Crippen LogP contribution in [0.2, 0.25) is 0 Å². The van der Waals surface area contributed by atoms with E-state index in [1.165, 1.54) is 0 Å². The highest BCUT2D eigenvalue weighted by atomic mass is 16.5. The summed E-state index contributed by atoms with van der Waals surface area (Å²) in [6.07, 6.45) is 3.28. The van der Waals surface area contributed by atoms with Gasteiger partial charge >= 0.3 is 0 Å². The fourth-order valence-electron chi connectivity index (χ4n) is 2.68. The molecule has 1 N–H and O–H groups in total. The van der Waals surface area contributed by atoms with Crippen molar-refractivity contribution in [3.8, 4) is 5.75 Å². The number of aryl methyl sites for hydroxylation is 1. The molecule has 1 heterocycles. The Morgan fingerprint density at radius 2 is 1.88 bits per heavy atom. The molecule has 5 heteroatoms. The van der Waals surface area contributed by atoms with Gasteiger partial charge in [0.25, 0.3) is 5.56 Å². The van der Waals surface area contributed by atoms with Gasteiger partial charge in [-0.2, -0.15) is 0 Å². The molecule has 25 heavy (non-hydrogen) atoms. The van der Waals surface area contributed by atoms with Gasteiger partial charge in [-0.25, -0.2) is 0 Å². The summed E-state index contributed by atoms with van der Waals surface area (Å²) in [6, 6.07) is 16.7. The van der Waals surface area contributed by atoms with E-state index in [1.54, 1.807) is 55.1 Å². The van der Waals surface area contributed by atoms with Gasteiger partial charge in [0, 0.05) is 18.2 Å². The summed E-state index contributed by atoms with van der Waals surface area (Å²) in [4.78, 5) is 12.5. The number of fused-ring (bicyclic) bond motifs is 1. The number of oxime groups is 1. The number of aromatic nitrogens is 1. The van der Waals surface area contributed by atoms with Gasteiger partial charge in [0.2, 0.25) is 0 Å². The first-order chi connectivity index (χ1) is 12.1. The predicted molar refractivity (Wildman–Crippen MR) is 99.5 cm³/mol. The molecule has 5 nitrogen and oxygen atoms in total. The van der Waals surface area contributed by atoms with Crippen LogP contribution in [0.1, 0.15) is 11.1 Å². The first-order valence-electron chi connectivity index (χ1n) is 7.77. The van der Waals surface area contributed by atoms with Gasteiger partial charge in [-0.15, -0.1) is 0 Å². The smallest absolute Gasteiger partial charge is 0.258 e. The monoisotopic (exact) mass is 334 g/mol. The van der Waals surface area contributed by atoms with Crippen LogP contribution >= 0.6 is 0 Å². The van der Waals surface area contributed by atoms with E-state index in [4.69, 9.17) is 4.74 Å². The summed E-state index contributed by atoms with van der Waals surface area (Å²) in [5.74, 6) is 0.716. The number of allylic oxidation sites excluding steroid dienone is 1. The van der Waals surface area contributed by atoms with Crippen LogP contribution in [0.15, 0.2) is 70.6 Å². The summed E-state index contributed by atoms with van der Waals surface area (Å²) in [5, 5.41) is 13.6. The van der Waals surface area contributed by atoms with Crippen molar-refractivity contribution in [1.29, 1.82) is 0 Å². The zero-order valence-corrected chi connectivity index (χ0v) is 14.0. The molecule has 0 saturated heterocycles. The van der Waals surface area contributed by atoms with Crippen molar-refractivity contribution in [2.24, 2.45) is 12.2 Å². The number of rotatable bonds is 4. The van der Waals surface area contributed by atoms with E-state index < -0.39 is 0 Å². The highest BCUT2D eigenvalue weighted by Crippen LogP contribution is 2.15. The summed E-state index contributed by atoms with van der Waals surface area (Å²) < 4.78 is 6.73. The van der Waals surface area contributed by atoms with E-state index >= 15 is 0 Å². The highest BCUT2D eigenvalue weighted by Gasteiger charge is 2.05. The molecular weight excluding hydrogens is 316 g/mol. The predicted octanol–water partition coefficient (Wildman–Crippen LogP) is 3.44. The topological polar surface area (TPSA) is 63.8 Å². The molecule has 0 aliphatic heterocycles. The molecule has 1 aromatic heterocycles. The molecule has 3 rings (SSSR count). The lowest BCUT2D eigenvalue weighted by Gasteiger charge is -2.06. The second-order valence-electron chi connectivity index (χ2n) is 5.57. The van der Waals surface area contributed by atoms with E-state index in [9.17, 15) is 10.0 Å². The highest BCUT2D eigenvalue weighted by molar-refractivity contribution is 6.10. The van der Waals surface area contributed by atoms with Crippen molar-refractivity contribution in [3.05, 3.63) is 82.2 Å². The van der Waals surface area contributed by atoms with Gasteiger partial charge in [-0.1, -0.05) is 23.4 Å². The van der Waals surface area contributed by atoms with Crippen molar-refractivity contribution < 1.29 is 9.94 Å². The van der Waals surface area contributed by atoms with Gasteiger partial charge in [-0.3, -0.25) is 4.79 Å². The molecule has 0 atom stereocenters. The quantitative estimate of drug-likeness (QED) is 0.452. The van der Waals surface area contributed by atoms with Crippen LogP contribution in [-0.2, 0) is 7.05 Å². The Hall–Kier alpha value is -3.34. The number of hydrogen-bond donors (Lipinski definition) is 1. The third kappa shape index (κ3) is 3.30. The second kappa shape index (κ2) is 7.05. The SMILES string of the molecule is COc1ccc(C(/C=C/c2cc3ccccc3n(C)c2=O)=N/O)cc1. The number of para-hydroxylation sites is 1. The minimum atomic E-state index is -0.109. The van der Waals surface area contributed by atoms with Gasteiger partial charge < -0.3 is 14.5 Å².